The van der Waals surface area contributed by atoms with Gasteiger partial charge in [0.05, 0.1) is 6.54 Å². The van der Waals surface area contributed by atoms with Gasteiger partial charge < -0.3 is 15.4 Å². The van der Waals surface area contributed by atoms with Gasteiger partial charge in [-0.15, -0.1) is 0 Å². The molecule has 1 aliphatic carbocycles. The molecule has 3 aromatic rings. The van der Waals surface area contributed by atoms with Crippen molar-refractivity contribution in [2.24, 2.45) is 5.92 Å². The molecule has 9 heteroatoms. The Balaban J connectivity index is 1.69. The zero-order valence-corrected chi connectivity index (χ0v) is 19.6. The Kier molecular flexibility index (Phi) is 7.19. The molecule has 1 heterocycles. The Morgan fingerprint density at radius 3 is 2.59 bits per heavy atom. The van der Waals surface area contributed by atoms with Gasteiger partial charge in [-0.25, -0.2) is 4.79 Å². The number of carbonyl (C=O) groups is 1. The summed E-state index contributed by atoms with van der Waals surface area (Å²) in [6.07, 6.45) is 1.13. The van der Waals surface area contributed by atoms with E-state index in [-0.39, 0.29) is 42.3 Å². The van der Waals surface area contributed by atoms with E-state index in [0.29, 0.717) is 24.5 Å². The second-order valence-electron chi connectivity index (χ2n) is 8.37. The van der Waals surface area contributed by atoms with Crippen molar-refractivity contribution in [3.63, 3.8) is 0 Å². The molecule has 8 nitrogen and oxygen atoms in total. The number of ether oxygens (including phenoxy) is 1. The van der Waals surface area contributed by atoms with Crippen LogP contribution in [0.3, 0.4) is 0 Å². The highest BCUT2D eigenvalue weighted by atomic mass is 35.5. The molecule has 2 atom stereocenters. The lowest BCUT2D eigenvalue weighted by atomic mass is 10.1. The number of amides is 1. The van der Waals surface area contributed by atoms with Crippen LogP contribution in [-0.4, -0.2) is 35.7 Å². The third-order valence-electron chi connectivity index (χ3n) is 6.08. The number of benzene rings is 2. The van der Waals surface area contributed by atoms with Crippen LogP contribution in [0.5, 0.6) is 0 Å². The highest BCUT2D eigenvalue weighted by molar-refractivity contribution is 6.31. The monoisotopic (exact) mass is 482 g/mol. The molecule has 0 saturated heterocycles. The van der Waals surface area contributed by atoms with Crippen molar-refractivity contribution < 1.29 is 9.53 Å². The van der Waals surface area contributed by atoms with E-state index in [9.17, 15) is 14.4 Å². The van der Waals surface area contributed by atoms with Crippen LogP contribution in [0, 0.1) is 5.92 Å². The van der Waals surface area contributed by atoms with Crippen molar-refractivity contribution in [1.29, 1.82) is 0 Å². The molecule has 1 saturated carbocycles. The van der Waals surface area contributed by atoms with E-state index in [1.54, 1.807) is 13.2 Å². The van der Waals surface area contributed by atoms with Crippen LogP contribution in [0.15, 0.2) is 64.2 Å². The lowest BCUT2D eigenvalue weighted by Gasteiger charge is -2.25. The number of nitrogens with zero attached hydrogens (tertiary/aromatic N) is 2. The molecule has 34 heavy (non-hydrogen) atoms. The predicted molar refractivity (Wildman–Crippen MR) is 132 cm³/mol. The Morgan fingerprint density at radius 1 is 1.18 bits per heavy atom. The molecule has 3 N–H and O–H groups in total. The molecule has 178 valence electrons. The Bertz CT molecular complexity index is 1290. The van der Waals surface area contributed by atoms with Gasteiger partial charge in [0.1, 0.15) is 5.82 Å². The van der Waals surface area contributed by atoms with Crippen LogP contribution in [0.2, 0.25) is 5.02 Å². The molecular formula is C25H27ClN4O4. The van der Waals surface area contributed by atoms with Crippen LogP contribution in [0.1, 0.15) is 29.9 Å². The average molecular weight is 483 g/mol. The van der Waals surface area contributed by atoms with Gasteiger partial charge in [0.25, 0.3) is 5.56 Å². The first kappa shape index (κ1) is 23.8. The quantitative estimate of drug-likeness (QED) is 0.455. The van der Waals surface area contributed by atoms with Gasteiger partial charge in [-0.1, -0.05) is 60.1 Å². The molecule has 1 amide bonds. The van der Waals surface area contributed by atoms with Crippen LogP contribution in [0.25, 0.3) is 0 Å². The molecular weight excluding hydrogens is 456 g/mol. The van der Waals surface area contributed by atoms with E-state index < -0.39 is 11.2 Å². The number of hydrogen-bond acceptors (Lipinski definition) is 5. The molecule has 0 radical (unpaired) electrons. The minimum absolute atomic E-state index is 0.0126. The lowest BCUT2D eigenvalue weighted by molar-refractivity contribution is -0.119. The number of rotatable bonds is 9. The van der Waals surface area contributed by atoms with Crippen molar-refractivity contribution in [2.75, 3.05) is 30.9 Å². The first-order chi connectivity index (χ1) is 16.4. The Labute approximate surface area is 201 Å². The zero-order valence-electron chi connectivity index (χ0n) is 18.9. The highest BCUT2D eigenvalue weighted by Gasteiger charge is 2.47. The fourth-order valence-electron chi connectivity index (χ4n) is 4.25. The summed E-state index contributed by atoms with van der Waals surface area (Å²) in [5, 5.41) is 0.613. The van der Waals surface area contributed by atoms with Crippen molar-refractivity contribution in [2.45, 2.75) is 25.3 Å². The number of methoxy groups -OCH3 is 1. The summed E-state index contributed by atoms with van der Waals surface area (Å²) in [6.45, 7) is 0.806. The normalized spacial score (nSPS) is 16.9. The molecule has 2 aromatic carbocycles. The van der Waals surface area contributed by atoms with E-state index in [1.807, 2.05) is 48.5 Å². The zero-order chi connectivity index (χ0) is 24.2. The number of halogens is 1. The number of anilines is 2. The van der Waals surface area contributed by atoms with Gasteiger partial charge in [0.15, 0.2) is 5.69 Å². The maximum Gasteiger partial charge on any atom is 0.330 e. The van der Waals surface area contributed by atoms with Crippen molar-refractivity contribution >= 4 is 29.0 Å². The number of H-pyrrole nitrogens is 1. The topological polar surface area (TPSA) is 110 Å². The van der Waals surface area contributed by atoms with Crippen molar-refractivity contribution in [3.05, 3.63) is 91.6 Å². The van der Waals surface area contributed by atoms with Crippen LogP contribution in [0.4, 0.5) is 11.5 Å². The van der Waals surface area contributed by atoms with Gasteiger partial charge in [0, 0.05) is 31.2 Å². The van der Waals surface area contributed by atoms with Crippen LogP contribution < -0.4 is 21.9 Å². The maximum atomic E-state index is 13.6. The predicted octanol–water partition coefficient (Wildman–Crippen LogP) is 2.99. The van der Waals surface area contributed by atoms with Gasteiger partial charge in [-0.05, 0) is 36.0 Å². The average Bonchev–Trinajstić information content (AvgIpc) is 3.62. The third kappa shape index (κ3) is 4.93. The number of nitrogens with two attached hydrogens (primary N) is 1. The van der Waals surface area contributed by atoms with Crippen LogP contribution >= 0.6 is 11.6 Å². The number of nitrogens with one attached hydrogen (secondary N) is 1. The fourth-order valence-corrected chi connectivity index (χ4v) is 4.52. The largest absolute Gasteiger partial charge is 0.385 e. The first-order valence-corrected chi connectivity index (χ1v) is 11.5. The van der Waals surface area contributed by atoms with Gasteiger partial charge >= 0.3 is 5.69 Å². The van der Waals surface area contributed by atoms with E-state index in [0.717, 1.165) is 11.1 Å². The number of aromatic amines is 1. The minimum Gasteiger partial charge on any atom is -0.385 e. The number of nitrogen functional groups attached to an aromatic ring is 1. The van der Waals surface area contributed by atoms with E-state index >= 15 is 0 Å². The minimum atomic E-state index is -0.687. The number of carbonyl (C=O) groups excluding carboxylic acids is 1. The second-order valence-corrected chi connectivity index (χ2v) is 8.78. The SMILES string of the molecule is COCCCN(C(=O)C1CC1c1ccccc1Cl)c1c(N)n(Cc2ccccc2)c(=O)[nH]c1=O. The lowest BCUT2D eigenvalue weighted by Crippen LogP contribution is -2.42. The molecule has 0 aliphatic heterocycles. The molecule has 1 aromatic heterocycles. The molecule has 1 aliphatic rings. The van der Waals surface area contributed by atoms with Crippen LogP contribution in [-0.2, 0) is 16.1 Å². The van der Waals surface area contributed by atoms with E-state index in [1.165, 1.54) is 9.47 Å². The smallest absolute Gasteiger partial charge is 0.330 e. The summed E-state index contributed by atoms with van der Waals surface area (Å²) in [4.78, 5) is 42.8. The van der Waals surface area contributed by atoms with Gasteiger partial charge in [0.2, 0.25) is 5.91 Å². The molecule has 4 rings (SSSR count). The Hall–Kier alpha value is -3.36. The molecule has 0 spiro atoms. The maximum absolute atomic E-state index is 13.6. The van der Waals surface area contributed by atoms with E-state index in [4.69, 9.17) is 22.1 Å². The highest BCUT2D eigenvalue weighted by Crippen LogP contribution is 2.50. The number of hydrogen-bond donors (Lipinski definition) is 2. The molecule has 2 unspecified atom stereocenters. The van der Waals surface area contributed by atoms with Crippen molar-refractivity contribution in [1.82, 2.24) is 9.55 Å². The summed E-state index contributed by atoms with van der Waals surface area (Å²) in [7, 11) is 1.57. The van der Waals surface area contributed by atoms with E-state index in [2.05, 4.69) is 4.98 Å². The summed E-state index contributed by atoms with van der Waals surface area (Å²) >= 11 is 6.34. The van der Waals surface area contributed by atoms with Crippen molar-refractivity contribution in [3.8, 4) is 0 Å². The fraction of sp³-hybridized carbons (Fsp3) is 0.320. The summed E-state index contributed by atoms with van der Waals surface area (Å²) in [5.74, 6) is -0.612. The summed E-state index contributed by atoms with van der Waals surface area (Å²) in [6, 6.07) is 16.7. The first-order valence-electron chi connectivity index (χ1n) is 11.1. The van der Waals surface area contributed by atoms with Gasteiger partial charge in [-0.2, -0.15) is 0 Å². The summed E-state index contributed by atoms with van der Waals surface area (Å²) < 4.78 is 6.42. The standard InChI is InChI=1S/C25H27ClN4O4/c1-34-13-7-12-29(24(32)19-14-18(19)17-10-5-6-11-20(17)26)21-22(27)30(25(33)28-23(21)31)15-16-8-3-2-4-9-16/h2-6,8-11,18-19H,7,12-15,27H2,1H3,(H,28,31,33). The second kappa shape index (κ2) is 10.3. The molecule has 1 fully saturated rings. The third-order valence-corrected chi connectivity index (χ3v) is 6.42. The van der Waals surface area contributed by atoms with Gasteiger partial charge in [-0.3, -0.25) is 19.1 Å². The Morgan fingerprint density at radius 2 is 1.88 bits per heavy atom. The summed E-state index contributed by atoms with van der Waals surface area (Å²) in [5.41, 5.74) is 6.79. The number of aromatic nitrogens is 2. The molecule has 0 bridgehead atoms.